The monoisotopic (exact) mass is 250 g/mol. The van der Waals surface area contributed by atoms with Gasteiger partial charge < -0.3 is 15.8 Å². The third-order valence-corrected chi connectivity index (χ3v) is 2.77. The lowest BCUT2D eigenvalue weighted by atomic mass is 10.1. The van der Waals surface area contributed by atoms with Gasteiger partial charge >= 0.3 is 0 Å². The molecule has 1 aromatic rings. The maximum atomic E-state index is 11.8. The molecule has 0 spiro atoms. The molecule has 0 bridgehead atoms. The normalized spacial score (nSPS) is 12.0. The molecule has 0 heterocycles. The lowest BCUT2D eigenvalue weighted by Gasteiger charge is -2.12. The number of anilines is 1. The molecular formula is C14H22N2O2. The van der Waals surface area contributed by atoms with Crippen LogP contribution in [0.4, 0.5) is 5.69 Å². The molecule has 0 radical (unpaired) electrons. The van der Waals surface area contributed by atoms with Crippen LogP contribution < -0.4 is 15.8 Å². The minimum atomic E-state index is -0.0288. The molecule has 4 nitrogen and oxygen atoms in total. The van der Waals surface area contributed by atoms with Gasteiger partial charge in [-0.3, -0.25) is 4.79 Å². The van der Waals surface area contributed by atoms with Crippen molar-refractivity contribution in [2.45, 2.75) is 39.2 Å². The second kappa shape index (κ2) is 7.01. The molecule has 100 valence electrons. The maximum absolute atomic E-state index is 11.8. The van der Waals surface area contributed by atoms with Crippen LogP contribution >= 0.6 is 0 Å². The fourth-order valence-electron chi connectivity index (χ4n) is 1.64. The van der Waals surface area contributed by atoms with Crippen molar-refractivity contribution in [2.75, 3.05) is 12.4 Å². The Morgan fingerprint density at radius 2 is 2.22 bits per heavy atom. The molecule has 0 aliphatic rings. The Hall–Kier alpha value is -1.55. The van der Waals surface area contributed by atoms with Crippen molar-refractivity contribution >= 4 is 11.6 Å². The summed E-state index contributed by atoms with van der Waals surface area (Å²) >= 11 is 0. The maximum Gasteiger partial charge on any atom is 0.224 e. The quantitative estimate of drug-likeness (QED) is 0.814. The van der Waals surface area contributed by atoms with E-state index in [-0.39, 0.29) is 11.9 Å². The molecular weight excluding hydrogens is 228 g/mol. The van der Waals surface area contributed by atoms with Crippen LogP contribution in [0.25, 0.3) is 0 Å². The zero-order chi connectivity index (χ0) is 13.5. The Balaban J connectivity index is 2.72. The smallest absolute Gasteiger partial charge is 0.224 e. The number of nitrogens with one attached hydrogen (secondary N) is 1. The standard InChI is InChI=1S/C14H22N2O2/c1-4-11-6-7-13(18-3)12(9-11)16-14(17)8-5-10(2)15/h6-7,9-10H,4-5,8,15H2,1-3H3,(H,16,17). The van der Waals surface area contributed by atoms with Crippen LogP contribution in [0.3, 0.4) is 0 Å². The third kappa shape index (κ3) is 4.37. The van der Waals surface area contributed by atoms with Gasteiger partial charge in [0, 0.05) is 12.5 Å². The van der Waals surface area contributed by atoms with Gasteiger partial charge in [0.05, 0.1) is 12.8 Å². The summed E-state index contributed by atoms with van der Waals surface area (Å²) < 4.78 is 5.23. The largest absolute Gasteiger partial charge is 0.495 e. The van der Waals surface area contributed by atoms with E-state index in [1.54, 1.807) is 7.11 Å². The lowest BCUT2D eigenvalue weighted by molar-refractivity contribution is -0.116. The number of benzene rings is 1. The fraction of sp³-hybridized carbons (Fsp3) is 0.500. The highest BCUT2D eigenvalue weighted by Gasteiger charge is 2.09. The molecule has 0 aromatic heterocycles. The van der Waals surface area contributed by atoms with Crippen molar-refractivity contribution in [3.8, 4) is 5.75 Å². The Morgan fingerprint density at radius 3 is 2.78 bits per heavy atom. The molecule has 1 amide bonds. The van der Waals surface area contributed by atoms with Crippen molar-refractivity contribution in [3.05, 3.63) is 23.8 Å². The highest BCUT2D eigenvalue weighted by atomic mass is 16.5. The highest BCUT2D eigenvalue weighted by molar-refractivity contribution is 5.92. The second-order valence-corrected chi connectivity index (χ2v) is 4.45. The molecule has 1 unspecified atom stereocenters. The van der Waals surface area contributed by atoms with E-state index in [9.17, 15) is 4.79 Å². The Bertz CT molecular complexity index is 403. The average Bonchev–Trinajstić information content (AvgIpc) is 2.36. The van der Waals surface area contributed by atoms with Gasteiger partial charge in [0.15, 0.2) is 0 Å². The van der Waals surface area contributed by atoms with E-state index >= 15 is 0 Å². The number of amides is 1. The number of methoxy groups -OCH3 is 1. The van der Waals surface area contributed by atoms with Crippen molar-refractivity contribution in [3.63, 3.8) is 0 Å². The Labute approximate surface area is 109 Å². The van der Waals surface area contributed by atoms with Gasteiger partial charge in [-0.2, -0.15) is 0 Å². The predicted molar refractivity (Wildman–Crippen MR) is 73.9 cm³/mol. The summed E-state index contributed by atoms with van der Waals surface area (Å²) in [6.07, 6.45) is 2.03. The molecule has 18 heavy (non-hydrogen) atoms. The van der Waals surface area contributed by atoms with Crippen molar-refractivity contribution in [2.24, 2.45) is 5.73 Å². The van der Waals surface area contributed by atoms with Crippen LogP contribution in [0.1, 0.15) is 32.3 Å². The summed E-state index contributed by atoms with van der Waals surface area (Å²) in [7, 11) is 1.60. The van der Waals surface area contributed by atoms with Gasteiger partial charge in [-0.15, -0.1) is 0 Å². The molecule has 0 aliphatic carbocycles. The minimum absolute atomic E-state index is 0.0288. The summed E-state index contributed by atoms with van der Waals surface area (Å²) in [5.74, 6) is 0.653. The molecule has 1 atom stereocenters. The van der Waals surface area contributed by atoms with E-state index in [4.69, 9.17) is 10.5 Å². The van der Waals surface area contributed by atoms with Crippen LogP contribution in [-0.4, -0.2) is 19.1 Å². The van der Waals surface area contributed by atoms with E-state index in [2.05, 4.69) is 12.2 Å². The summed E-state index contributed by atoms with van der Waals surface area (Å²) in [6.45, 7) is 3.97. The Morgan fingerprint density at radius 1 is 1.50 bits per heavy atom. The van der Waals surface area contributed by atoms with E-state index < -0.39 is 0 Å². The molecule has 3 N–H and O–H groups in total. The first-order chi connectivity index (χ1) is 8.56. The topological polar surface area (TPSA) is 64.3 Å². The van der Waals surface area contributed by atoms with E-state index in [0.717, 1.165) is 12.1 Å². The predicted octanol–water partition coefficient (Wildman–Crippen LogP) is 2.32. The van der Waals surface area contributed by atoms with Crippen molar-refractivity contribution in [1.29, 1.82) is 0 Å². The summed E-state index contributed by atoms with van der Waals surface area (Å²) in [5.41, 5.74) is 7.52. The summed E-state index contributed by atoms with van der Waals surface area (Å²) in [6, 6.07) is 5.86. The van der Waals surface area contributed by atoms with Crippen LogP contribution in [0.2, 0.25) is 0 Å². The van der Waals surface area contributed by atoms with Gasteiger partial charge in [-0.1, -0.05) is 13.0 Å². The number of hydrogen-bond donors (Lipinski definition) is 2. The van der Waals surface area contributed by atoms with E-state index in [1.807, 2.05) is 25.1 Å². The van der Waals surface area contributed by atoms with E-state index in [1.165, 1.54) is 5.56 Å². The summed E-state index contributed by atoms with van der Waals surface area (Å²) in [5, 5.41) is 2.87. The summed E-state index contributed by atoms with van der Waals surface area (Å²) in [4.78, 5) is 11.8. The number of ether oxygens (including phenoxy) is 1. The minimum Gasteiger partial charge on any atom is -0.495 e. The van der Waals surface area contributed by atoms with Crippen LogP contribution in [-0.2, 0) is 11.2 Å². The first kappa shape index (κ1) is 14.5. The molecule has 0 saturated carbocycles. The highest BCUT2D eigenvalue weighted by Crippen LogP contribution is 2.25. The molecule has 0 saturated heterocycles. The zero-order valence-corrected chi connectivity index (χ0v) is 11.3. The fourth-order valence-corrected chi connectivity index (χ4v) is 1.64. The van der Waals surface area contributed by atoms with Gasteiger partial charge in [-0.05, 0) is 37.5 Å². The van der Waals surface area contributed by atoms with E-state index in [0.29, 0.717) is 18.6 Å². The van der Waals surface area contributed by atoms with Crippen molar-refractivity contribution in [1.82, 2.24) is 0 Å². The molecule has 0 fully saturated rings. The first-order valence-electron chi connectivity index (χ1n) is 6.29. The number of hydrogen-bond acceptors (Lipinski definition) is 3. The van der Waals surface area contributed by atoms with Crippen molar-refractivity contribution < 1.29 is 9.53 Å². The molecule has 4 heteroatoms. The van der Waals surface area contributed by atoms with Crippen LogP contribution in [0.15, 0.2) is 18.2 Å². The number of nitrogens with two attached hydrogens (primary N) is 1. The number of carbonyl (C=O) groups is 1. The van der Waals surface area contributed by atoms with Gasteiger partial charge in [0.1, 0.15) is 5.75 Å². The molecule has 0 aliphatic heterocycles. The van der Waals surface area contributed by atoms with Gasteiger partial charge in [0.25, 0.3) is 0 Å². The number of aryl methyl sites for hydroxylation is 1. The molecule has 1 rings (SSSR count). The van der Waals surface area contributed by atoms with Gasteiger partial charge in [-0.25, -0.2) is 0 Å². The number of rotatable bonds is 6. The van der Waals surface area contributed by atoms with Crippen LogP contribution in [0.5, 0.6) is 5.75 Å². The third-order valence-electron chi connectivity index (χ3n) is 2.77. The second-order valence-electron chi connectivity index (χ2n) is 4.45. The SMILES string of the molecule is CCc1ccc(OC)c(NC(=O)CCC(C)N)c1. The van der Waals surface area contributed by atoms with Gasteiger partial charge in [0.2, 0.25) is 5.91 Å². The zero-order valence-electron chi connectivity index (χ0n) is 11.3. The Kier molecular flexibility index (Phi) is 5.65. The number of carbonyl (C=O) groups excluding carboxylic acids is 1. The average molecular weight is 250 g/mol. The van der Waals surface area contributed by atoms with Crippen LogP contribution in [0, 0.1) is 0 Å². The first-order valence-corrected chi connectivity index (χ1v) is 6.29. The lowest BCUT2D eigenvalue weighted by Crippen LogP contribution is -2.19. The molecule has 1 aromatic carbocycles.